The lowest BCUT2D eigenvalue weighted by atomic mass is 10.1. The topological polar surface area (TPSA) is 75.4 Å². The van der Waals surface area contributed by atoms with Crippen molar-refractivity contribution in [3.63, 3.8) is 0 Å². The van der Waals surface area contributed by atoms with Crippen LogP contribution in [0.5, 0.6) is 0 Å². The van der Waals surface area contributed by atoms with Gasteiger partial charge < -0.3 is 10.6 Å². The Morgan fingerprint density at radius 3 is 2.62 bits per heavy atom. The molecule has 0 radical (unpaired) electrons. The van der Waals surface area contributed by atoms with E-state index in [1.54, 1.807) is 12.1 Å². The second-order valence-corrected chi connectivity index (χ2v) is 7.57. The van der Waals surface area contributed by atoms with Crippen LogP contribution in [-0.2, 0) is 16.4 Å². The number of rotatable bonds is 7. The summed E-state index contributed by atoms with van der Waals surface area (Å²) in [4.78, 5) is 2.57. The monoisotopic (exact) mass is 311 g/mol. The number of nitrogens with one attached hydrogen (secondary N) is 1. The van der Waals surface area contributed by atoms with Crippen LogP contribution in [0.2, 0.25) is 0 Å². The average molecular weight is 311 g/mol. The molecule has 0 amide bonds. The van der Waals surface area contributed by atoms with Crippen LogP contribution in [0.4, 0.5) is 0 Å². The van der Waals surface area contributed by atoms with Crippen molar-refractivity contribution in [2.45, 2.75) is 24.2 Å². The fraction of sp³-hybridized carbons (Fsp3) is 0.600. The minimum Gasteiger partial charge on any atom is -0.330 e. The molecule has 0 saturated carbocycles. The van der Waals surface area contributed by atoms with E-state index in [1.807, 2.05) is 12.1 Å². The maximum absolute atomic E-state index is 12.3. The van der Waals surface area contributed by atoms with Crippen molar-refractivity contribution < 1.29 is 8.42 Å². The lowest BCUT2D eigenvalue weighted by Crippen LogP contribution is -2.30. The molecule has 1 heterocycles. The number of benzene rings is 1. The maximum Gasteiger partial charge on any atom is 0.240 e. The summed E-state index contributed by atoms with van der Waals surface area (Å²) in [5.74, 6) is 0.411. The molecule has 6 heteroatoms. The Morgan fingerprint density at radius 1 is 1.33 bits per heavy atom. The largest absolute Gasteiger partial charge is 0.330 e. The van der Waals surface area contributed by atoms with Gasteiger partial charge in [-0.25, -0.2) is 13.1 Å². The number of hydrogen-bond donors (Lipinski definition) is 2. The lowest BCUT2D eigenvalue weighted by Gasteiger charge is -2.12. The van der Waals surface area contributed by atoms with Gasteiger partial charge >= 0.3 is 0 Å². The molecule has 1 saturated heterocycles. The van der Waals surface area contributed by atoms with Crippen molar-refractivity contribution in [2.75, 3.05) is 33.2 Å². The van der Waals surface area contributed by atoms with Crippen LogP contribution in [0.1, 0.15) is 18.4 Å². The van der Waals surface area contributed by atoms with E-state index in [4.69, 9.17) is 5.73 Å². The van der Waals surface area contributed by atoms with Crippen LogP contribution in [0.15, 0.2) is 29.2 Å². The van der Waals surface area contributed by atoms with Crippen molar-refractivity contribution in [2.24, 2.45) is 11.7 Å². The molecule has 21 heavy (non-hydrogen) atoms. The van der Waals surface area contributed by atoms with Gasteiger partial charge in [-0.2, -0.15) is 0 Å². The number of nitrogens with zero attached hydrogens (tertiary/aromatic N) is 1. The Kier molecular flexibility index (Phi) is 5.75. The predicted molar refractivity (Wildman–Crippen MR) is 84.6 cm³/mol. The standard InChI is InChI=1S/C15H25N3O2S/c1-18-10-8-14(12-18)11-17-21(19,20)15-6-4-13(5-7-15)3-2-9-16/h4-7,14,17H,2-3,8-12,16H2,1H3. The van der Waals surface area contributed by atoms with Crippen LogP contribution in [0, 0.1) is 5.92 Å². The van der Waals surface area contributed by atoms with Crippen LogP contribution in [0.3, 0.4) is 0 Å². The normalized spacial score (nSPS) is 20.0. The van der Waals surface area contributed by atoms with Crippen molar-refractivity contribution in [3.8, 4) is 0 Å². The highest BCUT2D eigenvalue weighted by Gasteiger charge is 2.22. The van der Waals surface area contributed by atoms with E-state index in [9.17, 15) is 8.42 Å². The first kappa shape index (κ1) is 16.4. The first-order valence-corrected chi connectivity index (χ1v) is 8.97. The third-order valence-corrected chi connectivity index (χ3v) is 5.39. The van der Waals surface area contributed by atoms with Crippen LogP contribution < -0.4 is 10.5 Å². The van der Waals surface area contributed by atoms with Crippen LogP contribution >= 0.6 is 0 Å². The number of hydrogen-bond acceptors (Lipinski definition) is 4. The SMILES string of the molecule is CN1CCC(CNS(=O)(=O)c2ccc(CCCN)cc2)C1. The first-order valence-electron chi connectivity index (χ1n) is 7.48. The molecule has 1 fully saturated rings. The zero-order chi connectivity index (χ0) is 15.3. The summed E-state index contributed by atoms with van der Waals surface area (Å²) in [6.45, 7) is 3.17. The minimum absolute atomic E-state index is 0.338. The quantitative estimate of drug-likeness (QED) is 0.781. The van der Waals surface area contributed by atoms with Crippen molar-refractivity contribution in [3.05, 3.63) is 29.8 Å². The predicted octanol–water partition coefficient (Wildman–Crippen LogP) is 0.808. The van der Waals surface area contributed by atoms with Gasteiger partial charge in [0, 0.05) is 13.1 Å². The molecule has 0 aliphatic carbocycles. The first-order chi connectivity index (χ1) is 10.0. The van der Waals surface area contributed by atoms with Gasteiger partial charge in [0.25, 0.3) is 0 Å². The Morgan fingerprint density at radius 2 is 2.05 bits per heavy atom. The molecule has 118 valence electrons. The van der Waals surface area contributed by atoms with Gasteiger partial charge in [0.05, 0.1) is 4.90 Å². The highest BCUT2D eigenvalue weighted by molar-refractivity contribution is 7.89. The maximum atomic E-state index is 12.3. The van der Waals surface area contributed by atoms with E-state index in [0.717, 1.165) is 37.9 Å². The van der Waals surface area contributed by atoms with Crippen molar-refractivity contribution in [1.82, 2.24) is 9.62 Å². The minimum atomic E-state index is -3.40. The van der Waals surface area contributed by atoms with Gasteiger partial charge in [-0.3, -0.25) is 0 Å². The van der Waals surface area contributed by atoms with E-state index in [2.05, 4.69) is 16.7 Å². The molecule has 3 N–H and O–H groups in total. The smallest absolute Gasteiger partial charge is 0.240 e. The van der Waals surface area contributed by atoms with E-state index >= 15 is 0 Å². The van der Waals surface area contributed by atoms with Gasteiger partial charge in [0.1, 0.15) is 0 Å². The van der Waals surface area contributed by atoms with Gasteiger partial charge in [0.2, 0.25) is 10.0 Å². The van der Waals surface area contributed by atoms with Gasteiger partial charge in [0.15, 0.2) is 0 Å². The Labute approximate surface area is 127 Å². The zero-order valence-electron chi connectivity index (χ0n) is 12.6. The summed E-state index contributed by atoms with van der Waals surface area (Å²) in [6.07, 6.45) is 2.86. The summed E-state index contributed by atoms with van der Waals surface area (Å²) in [6, 6.07) is 7.09. The zero-order valence-corrected chi connectivity index (χ0v) is 13.4. The van der Waals surface area contributed by atoms with Crippen molar-refractivity contribution >= 4 is 10.0 Å². The molecule has 1 aliphatic rings. The molecule has 1 aromatic carbocycles. The molecule has 1 aromatic rings. The Bertz CT molecular complexity index is 543. The van der Waals surface area contributed by atoms with E-state index in [1.165, 1.54) is 0 Å². The molecular formula is C15H25N3O2S. The molecular weight excluding hydrogens is 286 g/mol. The molecule has 1 unspecified atom stereocenters. The number of aryl methyl sites for hydroxylation is 1. The number of sulfonamides is 1. The Hall–Kier alpha value is -0.950. The summed E-state index contributed by atoms with van der Waals surface area (Å²) in [7, 11) is -1.33. The van der Waals surface area contributed by atoms with Crippen LogP contribution in [0.25, 0.3) is 0 Å². The van der Waals surface area contributed by atoms with E-state index in [0.29, 0.717) is 23.9 Å². The van der Waals surface area contributed by atoms with Gasteiger partial charge in [-0.05, 0) is 63.0 Å². The number of likely N-dealkylation sites (tertiary alicyclic amines) is 1. The molecule has 2 rings (SSSR count). The highest BCUT2D eigenvalue weighted by atomic mass is 32.2. The molecule has 5 nitrogen and oxygen atoms in total. The average Bonchev–Trinajstić information content (AvgIpc) is 2.89. The molecule has 0 spiro atoms. The second kappa shape index (κ2) is 7.35. The summed E-state index contributed by atoms with van der Waals surface area (Å²) < 4.78 is 27.2. The lowest BCUT2D eigenvalue weighted by molar-refractivity contribution is 0.394. The fourth-order valence-electron chi connectivity index (χ4n) is 2.65. The molecule has 0 aromatic heterocycles. The third-order valence-electron chi connectivity index (χ3n) is 3.95. The fourth-order valence-corrected chi connectivity index (χ4v) is 3.76. The van der Waals surface area contributed by atoms with Gasteiger partial charge in [-0.15, -0.1) is 0 Å². The summed E-state index contributed by atoms with van der Waals surface area (Å²) in [5, 5.41) is 0. The van der Waals surface area contributed by atoms with Gasteiger partial charge in [-0.1, -0.05) is 12.1 Å². The van der Waals surface area contributed by atoms with E-state index in [-0.39, 0.29) is 0 Å². The summed E-state index contributed by atoms with van der Waals surface area (Å²) in [5.41, 5.74) is 6.60. The van der Waals surface area contributed by atoms with E-state index < -0.39 is 10.0 Å². The summed E-state index contributed by atoms with van der Waals surface area (Å²) >= 11 is 0. The number of nitrogens with two attached hydrogens (primary N) is 1. The Balaban J connectivity index is 1.92. The third kappa shape index (κ3) is 4.78. The van der Waals surface area contributed by atoms with Crippen LogP contribution in [-0.4, -0.2) is 46.5 Å². The highest BCUT2D eigenvalue weighted by Crippen LogP contribution is 2.15. The molecule has 0 bridgehead atoms. The molecule has 1 atom stereocenters. The molecule has 1 aliphatic heterocycles. The van der Waals surface area contributed by atoms with Crippen molar-refractivity contribution in [1.29, 1.82) is 0 Å². The second-order valence-electron chi connectivity index (χ2n) is 5.81.